The van der Waals surface area contributed by atoms with E-state index in [4.69, 9.17) is 4.74 Å². The highest BCUT2D eigenvalue weighted by Crippen LogP contribution is 2.26. The first-order valence-electron chi connectivity index (χ1n) is 6.63. The van der Waals surface area contributed by atoms with Gasteiger partial charge in [-0.2, -0.15) is 0 Å². The van der Waals surface area contributed by atoms with E-state index in [2.05, 4.69) is 66.1 Å². The van der Waals surface area contributed by atoms with Crippen LogP contribution in [0.3, 0.4) is 0 Å². The summed E-state index contributed by atoms with van der Waals surface area (Å²) in [5, 5.41) is 3.95. The highest BCUT2D eigenvalue weighted by molar-refractivity contribution is 9.08. The van der Waals surface area contributed by atoms with Crippen LogP contribution in [-0.4, -0.2) is 4.98 Å². The van der Waals surface area contributed by atoms with Crippen molar-refractivity contribution in [3.63, 3.8) is 0 Å². The number of hydrogen-bond acceptors (Lipinski definition) is 3. The Morgan fingerprint density at radius 1 is 1.30 bits per heavy atom. The monoisotopic (exact) mass is 353 g/mol. The first kappa shape index (κ1) is 15.5. The van der Waals surface area contributed by atoms with Gasteiger partial charge in [-0.25, -0.2) is 4.98 Å². The quantitative estimate of drug-likeness (QED) is 0.702. The molecule has 0 saturated carbocycles. The zero-order valence-corrected chi connectivity index (χ0v) is 14.8. The van der Waals surface area contributed by atoms with E-state index in [1.54, 1.807) is 11.3 Å². The molecule has 0 aliphatic carbocycles. The van der Waals surface area contributed by atoms with E-state index in [0.29, 0.717) is 6.61 Å². The van der Waals surface area contributed by atoms with Gasteiger partial charge in [0.25, 0.3) is 0 Å². The Kier molecular flexibility index (Phi) is 4.86. The van der Waals surface area contributed by atoms with Crippen LogP contribution in [0.1, 0.15) is 42.6 Å². The van der Waals surface area contributed by atoms with Crippen molar-refractivity contribution in [2.45, 2.75) is 45.0 Å². The number of halogens is 1. The van der Waals surface area contributed by atoms with Gasteiger partial charge >= 0.3 is 0 Å². The molecule has 4 heteroatoms. The molecule has 0 atom stereocenters. The van der Waals surface area contributed by atoms with Crippen LogP contribution in [0.2, 0.25) is 0 Å². The third kappa shape index (κ3) is 3.83. The van der Waals surface area contributed by atoms with E-state index in [1.165, 1.54) is 11.1 Å². The molecule has 2 nitrogen and oxygen atoms in total. The zero-order chi connectivity index (χ0) is 14.8. The number of ether oxygens (including phenoxy) is 1. The predicted molar refractivity (Wildman–Crippen MR) is 89.0 cm³/mol. The van der Waals surface area contributed by atoms with Crippen LogP contribution in [0.4, 0.5) is 0 Å². The van der Waals surface area contributed by atoms with Gasteiger partial charge in [0.05, 0.1) is 5.69 Å². The van der Waals surface area contributed by atoms with Crippen LogP contribution in [-0.2, 0) is 17.4 Å². The van der Waals surface area contributed by atoms with Gasteiger partial charge in [-0.3, -0.25) is 0 Å². The van der Waals surface area contributed by atoms with Gasteiger partial charge in [0, 0.05) is 21.7 Å². The van der Waals surface area contributed by atoms with Crippen molar-refractivity contribution in [1.29, 1.82) is 0 Å². The molecule has 0 N–H and O–H groups in total. The second-order valence-electron chi connectivity index (χ2n) is 5.91. The highest BCUT2D eigenvalue weighted by Gasteiger charge is 2.17. The van der Waals surface area contributed by atoms with Gasteiger partial charge in [0.1, 0.15) is 17.4 Å². The van der Waals surface area contributed by atoms with Crippen molar-refractivity contribution >= 4 is 27.3 Å². The van der Waals surface area contributed by atoms with Crippen molar-refractivity contribution in [3.8, 4) is 5.75 Å². The minimum atomic E-state index is 0.0969. The summed E-state index contributed by atoms with van der Waals surface area (Å²) in [5.41, 5.74) is 3.65. The van der Waals surface area contributed by atoms with Gasteiger partial charge in [0.2, 0.25) is 0 Å². The van der Waals surface area contributed by atoms with E-state index in [0.717, 1.165) is 21.8 Å². The molecule has 1 aromatic carbocycles. The van der Waals surface area contributed by atoms with Crippen molar-refractivity contribution in [2.75, 3.05) is 0 Å². The molecule has 2 aromatic rings. The molecule has 0 aliphatic heterocycles. The Morgan fingerprint density at radius 3 is 2.65 bits per heavy atom. The molecule has 0 bridgehead atoms. The summed E-state index contributed by atoms with van der Waals surface area (Å²) in [6, 6.07) is 6.25. The van der Waals surface area contributed by atoms with Crippen LogP contribution >= 0.6 is 27.3 Å². The Hall–Kier alpha value is -0.870. The third-order valence-electron chi connectivity index (χ3n) is 3.03. The normalized spacial score (nSPS) is 11.7. The molecule has 0 radical (unpaired) electrons. The number of hydrogen-bond donors (Lipinski definition) is 0. The molecule has 0 fully saturated rings. The second kappa shape index (κ2) is 6.27. The minimum Gasteiger partial charge on any atom is -0.486 e. The summed E-state index contributed by atoms with van der Waals surface area (Å²) >= 11 is 5.17. The summed E-state index contributed by atoms with van der Waals surface area (Å²) < 4.78 is 5.91. The number of nitrogens with zero attached hydrogens (tertiary/aromatic N) is 1. The Bertz CT molecular complexity index is 586. The molecule has 0 saturated heterocycles. The van der Waals surface area contributed by atoms with E-state index >= 15 is 0 Å². The van der Waals surface area contributed by atoms with Gasteiger partial charge in [-0.15, -0.1) is 11.3 Å². The van der Waals surface area contributed by atoms with Gasteiger partial charge < -0.3 is 4.74 Å². The SMILES string of the molecule is Cc1ccc(OCc2nc(C(C)(C)C)cs2)c(CBr)c1. The third-order valence-corrected chi connectivity index (χ3v) is 4.46. The molecule has 1 heterocycles. The lowest BCUT2D eigenvalue weighted by Gasteiger charge is -2.14. The van der Waals surface area contributed by atoms with E-state index in [9.17, 15) is 0 Å². The van der Waals surface area contributed by atoms with Crippen LogP contribution in [0.5, 0.6) is 5.75 Å². The fraction of sp³-hybridized carbons (Fsp3) is 0.438. The van der Waals surface area contributed by atoms with Crippen molar-refractivity contribution in [2.24, 2.45) is 0 Å². The smallest absolute Gasteiger partial charge is 0.140 e. The number of benzene rings is 1. The molecule has 0 spiro atoms. The lowest BCUT2D eigenvalue weighted by atomic mass is 9.93. The average molecular weight is 354 g/mol. The van der Waals surface area contributed by atoms with Crippen LogP contribution in [0, 0.1) is 6.92 Å². The molecular formula is C16H20BrNOS. The maximum Gasteiger partial charge on any atom is 0.140 e. The van der Waals surface area contributed by atoms with E-state index < -0.39 is 0 Å². The van der Waals surface area contributed by atoms with Crippen LogP contribution in [0.25, 0.3) is 0 Å². The largest absolute Gasteiger partial charge is 0.486 e. The number of rotatable bonds is 4. The standard InChI is InChI=1S/C16H20BrNOS/c1-11-5-6-13(12(7-11)8-17)19-9-15-18-14(10-20-15)16(2,3)4/h5-7,10H,8-9H2,1-4H3. The van der Waals surface area contributed by atoms with Crippen molar-refractivity contribution in [1.82, 2.24) is 4.98 Å². The minimum absolute atomic E-state index is 0.0969. The van der Waals surface area contributed by atoms with E-state index in [1.807, 2.05) is 6.07 Å². The molecule has 0 amide bonds. The molecule has 1 aromatic heterocycles. The average Bonchev–Trinajstić information content (AvgIpc) is 2.86. The molecular weight excluding hydrogens is 334 g/mol. The molecule has 2 rings (SSSR count). The topological polar surface area (TPSA) is 22.1 Å². The first-order chi connectivity index (χ1) is 9.40. The van der Waals surface area contributed by atoms with Crippen LogP contribution in [0.15, 0.2) is 23.6 Å². The van der Waals surface area contributed by atoms with Crippen LogP contribution < -0.4 is 4.74 Å². The maximum atomic E-state index is 5.91. The van der Waals surface area contributed by atoms with Gasteiger partial charge in [0.15, 0.2) is 0 Å². The maximum absolute atomic E-state index is 5.91. The Morgan fingerprint density at radius 2 is 2.05 bits per heavy atom. The summed E-state index contributed by atoms with van der Waals surface area (Å²) in [6.07, 6.45) is 0. The fourth-order valence-electron chi connectivity index (χ4n) is 1.81. The van der Waals surface area contributed by atoms with Crippen molar-refractivity contribution in [3.05, 3.63) is 45.4 Å². The van der Waals surface area contributed by atoms with Gasteiger partial charge in [-0.1, -0.05) is 54.4 Å². The summed E-state index contributed by atoms with van der Waals surface area (Å²) in [5.74, 6) is 0.931. The van der Waals surface area contributed by atoms with E-state index in [-0.39, 0.29) is 5.41 Å². The molecule has 0 unspecified atom stereocenters. The van der Waals surface area contributed by atoms with Crippen molar-refractivity contribution < 1.29 is 4.74 Å². The summed E-state index contributed by atoms with van der Waals surface area (Å²) in [4.78, 5) is 4.65. The zero-order valence-electron chi connectivity index (χ0n) is 12.4. The number of aryl methyl sites for hydroxylation is 1. The molecule has 108 valence electrons. The highest BCUT2D eigenvalue weighted by atomic mass is 79.9. The number of thiazole rings is 1. The second-order valence-corrected chi connectivity index (χ2v) is 7.41. The first-order valence-corrected chi connectivity index (χ1v) is 8.63. The number of alkyl halides is 1. The lowest BCUT2D eigenvalue weighted by Crippen LogP contribution is -2.11. The predicted octanol–water partition coefficient (Wildman–Crippen LogP) is 5.22. The Labute approximate surface area is 133 Å². The lowest BCUT2D eigenvalue weighted by molar-refractivity contribution is 0.302. The molecule has 0 aliphatic rings. The number of aromatic nitrogens is 1. The summed E-state index contributed by atoms with van der Waals surface area (Å²) in [7, 11) is 0. The Balaban J connectivity index is 2.07. The van der Waals surface area contributed by atoms with Gasteiger partial charge in [-0.05, 0) is 13.0 Å². The summed E-state index contributed by atoms with van der Waals surface area (Å²) in [6.45, 7) is 9.15. The molecule has 20 heavy (non-hydrogen) atoms. The fourth-order valence-corrected chi connectivity index (χ4v) is 3.18.